The standard InChI is InChI=1S/C12H11N7O2/c1-21-12(20)10-7-4-6(2-3-8(7)17-19-10)16-18-9(5-13)11(14)15/h2-4,16H,1H3,(H3,14,15)(H,17,19)/b18-9+. The quantitative estimate of drug-likeness (QED) is 0.279. The third-order valence-electron chi connectivity index (χ3n) is 2.60. The van der Waals surface area contributed by atoms with Crippen LogP contribution in [0.1, 0.15) is 10.5 Å². The molecule has 2 aromatic rings. The maximum Gasteiger partial charge on any atom is 0.359 e. The molecule has 5 N–H and O–H groups in total. The number of benzene rings is 1. The summed E-state index contributed by atoms with van der Waals surface area (Å²) in [6.07, 6.45) is 0. The number of anilines is 1. The summed E-state index contributed by atoms with van der Waals surface area (Å²) in [6, 6.07) is 6.66. The first-order valence-corrected chi connectivity index (χ1v) is 5.71. The van der Waals surface area contributed by atoms with Crippen molar-refractivity contribution in [3.63, 3.8) is 0 Å². The van der Waals surface area contributed by atoms with E-state index in [4.69, 9.17) is 16.4 Å². The van der Waals surface area contributed by atoms with Crippen LogP contribution in [0.2, 0.25) is 0 Å². The highest BCUT2D eigenvalue weighted by molar-refractivity contribution is 6.45. The Morgan fingerprint density at radius 2 is 2.38 bits per heavy atom. The van der Waals surface area contributed by atoms with E-state index in [-0.39, 0.29) is 11.4 Å². The van der Waals surface area contributed by atoms with E-state index in [9.17, 15) is 4.79 Å². The second-order valence-corrected chi connectivity index (χ2v) is 3.92. The molecule has 21 heavy (non-hydrogen) atoms. The summed E-state index contributed by atoms with van der Waals surface area (Å²) in [5, 5.41) is 26.7. The minimum Gasteiger partial charge on any atom is -0.464 e. The summed E-state index contributed by atoms with van der Waals surface area (Å²) in [4.78, 5) is 11.6. The van der Waals surface area contributed by atoms with E-state index in [0.717, 1.165) is 0 Å². The first-order chi connectivity index (χ1) is 10.1. The van der Waals surface area contributed by atoms with Crippen molar-refractivity contribution in [2.45, 2.75) is 0 Å². The molecule has 0 spiro atoms. The summed E-state index contributed by atoms with van der Waals surface area (Å²) in [5.74, 6) is -1.01. The smallest absolute Gasteiger partial charge is 0.359 e. The van der Waals surface area contributed by atoms with Gasteiger partial charge < -0.3 is 10.5 Å². The van der Waals surface area contributed by atoms with Gasteiger partial charge in [0.1, 0.15) is 6.07 Å². The van der Waals surface area contributed by atoms with Gasteiger partial charge in [-0.1, -0.05) is 0 Å². The van der Waals surface area contributed by atoms with Gasteiger partial charge in [0.25, 0.3) is 0 Å². The van der Waals surface area contributed by atoms with E-state index < -0.39 is 11.8 Å². The van der Waals surface area contributed by atoms with Gasteiger partial charge in [-0.05, 0) is 18.2 Å². The predicted molar refractivity (Wildman–Crippen MR) is 76.0 cm³/mol. The number of aromatic amines is 1. The van der Waals surface area contributed by atoms with E-state index in [0.29, 0.717) is 16.6 Å². The fraction of sp³-hybridized carbons (Fsp3) is 0.0833. The summed E-state index contributed by atoms with van der Waals surface area (Å²) in [7, 11) is 1.27. The van der Waals surface area contributed by atoms with E-state index in [1.165, 1.54) is 7.11 Å². The van der Waals surface area contributed by atoms with Gasteiger partial charge in [0.05, 0.1) is 18.3 Å². The molecule has 1 aromatic heterocycles. The lowest BCUT2D eigenvalue weighted by atomic mass is 10.2. The number of methoxy groups -OCH3 is 1. The number of carbonyl (C=O) groups is 1. The topological polar surface area (TPSA) is 153 Å². The summed E-state index contributed by atoms with van der Waals surface area (Å²) in [6.45, 7) is 0. The maximum absolute atomic E-state index is 11.6. The number of nitrogens with one attached hydrogen (secondary N) is 3. The number of nitriles is 1. The molecule has 106 valence electrons. The van der Waals surface area contributed by atoms with Crippen LogP contribution in [0.5, 0.6) is 0 Å². The Balaban J connectivity index is 2.37. The van der Waals surface area contributed by atoms with Gasteiger partial charge >= 0.3 is 5.97 Å². The third-order valence-corrected chi connectivity index (χ3v) is 2.60. The normalized spacial score (nSPS) is 11.0. The number of H-pyrrole nitrogens is 1. The zero-order valence-electron chi connectivity index (χ0n) is 11.0. The Bertz CT molecular complexity index is 784. The number of nitrogens with zero attached hydrogens (tertiary/aromatic N) is 3. The van der Waals surface area contributed by atoms with Crippen LogP contribution in [0.4, 0.5) is 5.69 Å². The van der Waals surface area contributed by atoms with Crippen LogP contribution >= 0.6 is 0 Å². The number of hydrazone groups is 1. The number of rotatable bonds is 4. The minimum atomic E-state index is -0.566. The monoisotopic (exact) mass is 285 g/mol. The van der Waals surface area contributed by atoms with Crippen molar-refractivity contribution >= 4 is 34.1 Å². The second-order valence-electron chi connectivity index (χ2n) is 3.92. The van der Waals surface area contributed by atoms with Crippen molar-refractivity contribution in [2.75, 3.05) is 12.5 Å². The number of hydrogen-bond acceptors (Lipinski definition) is 7. The molecule has 0 unspecified atom stereocenters. The average molecular weight is 285 g/mol. The number of aromatic nitrogens is 2. The molecule has 0 amide bonds. The van der Waals surface area contributed by atoms with Gasteiger partial charge in [-0.15, -0.1) is 0 Å². The molecule has 0 aliphatic heterocycles. The molecule has 0 saturated carbocycles. The molecule has 0 radical (unpaired) electrons. The van der Waals surface area contributed by atoms with Gasteiger partial charge in [-0.2, -0.15) is 15.5 Å². The van der Waals surface area contributed by atoms with Crippen molar-refractivity contribution < 1.29 is 9.53 Å². The van der Waals surface area contributed by atoms with Crippen LogP contribution < -0.4 is 11.2 Å². The fourth-order valence-electron chi connectivity index (χ4n) is 1.60. The minimum absolute atomic E-state index is 0.146. The lowest BCUT2D eigenvalue weighted by Gasteiger charge is -2.02. The van der Waals surface area contributed by atoms with Gasteiger partial charge in [0.15, 0.2) is 11.5 Å². The van der Waals surface area contributed by atoms with E-state index in [1.54, 1.807) is 24.3 Å². The van der Waals surface area contributed by atoms with Crippen LogP contribution in [-0.4, -0.2) is 34.8 Å². The molecule has 0 aliphatic carbocycles. The fourth-order valence-corrected chi connectivity index (χ4v) is 1.60. The Hall–Kier alpha value is -3.41. The molecule has 0 bridgehead atoms. The Labute approximate surface area is 118 Å². The van der Waals surface area contributed by atoms with Crippen LogP contribution in [0.15, 0.2) is 23.3 Å². The van der Waals surface area contributed by atoms with Crippen molar-refractivity contribution in [1.82, 2.24) is 10.2 Å². The molecule has 0 atom stereocenters. The van der Waals surface area contributed by atoms with E-state index in [1.807, 2.05) is 0 Å². The number of hydrogen-bond donors (Lipinski definition) is 4. The number of nitrogens with two attached hydrogens (primary N) is 1. The Morgan fingerprint density at radius 3 is 3.00 bits per heavy atom. The number of ether oxygens (including phenoxy) is 1. The third kappa shape index (κ3) is 2.79. The first kappa shape index (κ1) is 14.0. The molecular weight excluding hydrogens is 274 g/mol. The second kappa shape index (κ2) is 5.70. The van der Waals surface area contributed by atoms with Gasteiger partial charge in [0, 0.05) is 5.39 Å². The first-order valence-electron chi connectivity index (χ1n) is 5.71. The lowest BCUT2D eigenvalue weighted by molar-refractivity contribution is 0.0596. The molecule has 1 heterocycles. The Kier molecular flexibility index (Phi) is 3.80. The highest BCUT2D eigenvalue weighted by Crippen LogP contribution is 2.21. The van der Waals surface area contributed by atoms with Crippen molar-refractivity contribution in [3.8, 4) is 6.07 Å². The molecule has 0 saturated heterocycles. The SMILES string of the molecule is COC(=O)c1n[nH]c2ccc(N/N=C(\C#N)C(=N)N)cc12. The number of carbonyl (C=O) groups excluding carboxylic acids is 1. The average Bonchev–Trinajstić information content (AvgIpc) is 2.90. The zero-order valence-corrected chi connectivity index (χ0v) is 11.0. The van der Waals surface area contributed by atoms with Crippen LogP contribution in [-0.2, 0) is 4.74 Å². The van der Waals surface area contributed by atoms with Gasteiger partial charge in [-0.3, -0.25) is 15.9 Å². The van der Waals surface area contributed by atoms with E-state index >= 15 is 0 Å². The Morgan fingerprint density at radius 1 is 1.62 bits per heavy atom. The molecule has 2 rings (SSSR count). The summed E-state index contributed by atoms with van der Waals surface area (Å²) in [5.41, 5.74) is 8.83. The maximum atomic E-state index is 11.6. The summed E-state index contributed by atoms with van der Waals surface area (Å²) >= 11 is 0. The lowest BCUT2D eigenvalue weighted by Crippen LogP contribution is -2.21. The molecule has 9 nitrogen and oxygen atoms in total. The van der Waals surface area contributed by atoms with E-state index in [2.05, 4.69) is 25.5 Å². The van der Waals surface area contributed by atoms with Crippen LogP contribution in [0, 0.1) is 16.7 Å². The predicted octanol–water partition coefficient (Wildman–Crippen LogP) is 0.577. The van der Waals surface area contributed by atoms with Crippen molar-refractivity contribution in [2.24, 2.45) is 10.8 Å². The van der Waals surface area contributed by atoms with Crippen molar-refractivity contribution in [1.29, 1.82) is 10.7 Å². The van der Waals surface area contributed by atoms with Crippen LogP contribution in [0.3, 0.4) is 0 Å². The largest absolute Gasteiger partial charge is 0.464 e. The number of amidine groups is 1. The number of fused-ring (bicyclic) bond motifs is 1. The molecular formula is C12H11N7O2. The highest BCUT2D eigenvalue weighted by Gasteiger charge is 2.14. The van der Waals surface area contributed by atoms with Crippen molar-refractivity contribution in [3.05, 3.63) is 23.9 Å². The highest BCUT2D eigenvalue weighted by atomic mass is 16.5. The molecule has 0 fully saturated rings. The molecule has 9 heteroatoms. The number of esters is 1. The molecule has 1 aromatic carbocycles. The van der Waals surface area contributed by atoms with Gasteiger partial charge in [0.2, 0.25) is 5.71 Å². The molecule has 0 aliphatic rings. The van der Waals surface area contributed by atoms with Gasteiger partial charge in [-0.25, -0.2) is 4.79 Å². The zero-order chi connectivity index (χ0) is 15.4. The van der Waals surface area contributed by atoms with Crippen LogP contribution in [0.25, 0.3) is 10.9 Å². The summed E-state index contributed by atoms with van der Waals surface area (Å²) < 4.78 is 4.63.